The minimum atomic E-state index is -2.45. The Morgan fingerprint density at radius 1 is 1.26 bits per heavy atom. The van der Waals surface area contributed by atoms with Crippen molar-refractivity contribution < 1.29 is 39.9 Å². The summed E-state index contributed by atoms with van der Waals surface area (Å²) in [7, 11) is 0. The van der Waals surface area contributed by atoms with Crippen LogP contribution < -0.4 is 0 Å². The van der Waals surface area contributed by atoms with E-state index in [1.807, 2.05) is 13.0 Å². The van der Waals surface area contributed by atoms with Crippen molar-refractivity contribution in [2.45, 2.75) is 63.4 Å². The van der Waals surface area contributed by atoms with Crippen molar-refractivity contribution in [1.82, 2.24) is 0 Å². The average molecular weight is 432 g/mol. The van der Waals surface area contributed by atoms with Crippen molar-refractivity contribution in [3.63, 3.8) is 0 Å². The first kappa shape index (κ1) is 22.1. The number of aliphatic hydroxyl groups is 4. The molecule has 2 saturated carbocycles. The molecule has 4 rings (SSSR count). The molecule has 2 fully saturated rings. The lowest BCUT2D eigenvalue weighted by molar-refractivity contribution is -0.181. The molecular weight excluding hydrogens is 404 g/mol. The van der Waals surface area contributed by atoms with Crippen LogP contribution in [0.5, 0.6) is 0 Å². The summed E-state index contributed by atoms with van der Waals surface area (Å²) in [5.41, 5.74) is -2.81. The van der Waals surface area contributed by atoms with Crippen molar-refractivity contribution in [2.24, 2.45) is 22.7 Å². The first-order valence-electron chi connectivity index (χ1n) is 10.6. The van der Waals surface area contributed by atoms with E-state index in [0.29, 0.717) is 18.4 Å². The lowest BCUT2D eigenvalue weighted by Gasteiger charge is -2.58. The average Bonchev–Trinajstić information content (AvgIpc) is 2.88. The van der Waals surface area contributed by atoms with Gasteiger partial charge in [-0.3, -0.25) is 14.4 Å². The number of carbonyl (C=O) groups excluding carboxylic acids is 2. The van der Waals surface area contributed by atoms with Crippen LogP contribution in [0.3, 0.4) is 0 Å². The van der Waals surface area contributed by atoms with Crippen LogP contribution in [0.1, 0.15) is 39.5 Å². The molecule has 8 nitrogen and oxygen atoms in total. The molecule has 0 heterocycles. The van der Waals surface area contributed by atoms with Crippen molar-refractivity contribution in [2.75, 3.05) is 0 Å². The van der Waals surface area contributed by atoms with Crippen LogP contribution in [-0.2, 0) is 14.4 Å². The second-order valence-corrected chi connectivity index (χ2v) is 9.77. The Bertz CT molecular complexity index is 947. The lowest BCUT2D eigenvalue weighted by atomic mass is 9.47. The van der Waals surface area contributed by atoms with Gasteiger partial charge in [0.05, 0.1) is 12.5 Å². The Kier molecular flexibility index (Phi) is 4.94. The smallest absolute Gasteiger partial charge is 0.306 e. The van der Waals surface area contributed by atoms with Gasteiger partial charge in [-0.05, 0) is 37.3 Å². The molecule has 0 aromatic rings. The molecule has 0 radical (unpaired) electrons. The molecule has 0 aromatic carbocycles. The third-order valence-electron chi connectivity index (χ3n) is 8.17. The zero-order valence-corrected chi connectivity index (χ0v) is 17.5. The lowest BCUT2D eigenvalue weighted by Crippen LogP contribution is -2.64. The number of ketones is 2. The van der Waals surface area contributed by atoms with Gasteiger partial charge in [-0.15, -0.1) is 0 Å². The minimum Gasteiger partial charge on any atom is -0.481 e. The van der Waals surface area contributed by atoms with Crippen LogP contribution in [-0.4, -0.2) is 67.0 Å². The summed E-state index contributed by atoms with van der Waals surface area (Å²) in [4.78, 5) is 35.8. The van der Waals surface area contributed by atoms with E-state index in [0.717, 1.165) is 5.57 Å². The second-order valence-electron chi connectivity index (χ2n) is 9.77. The van der Waals surface area contributed by atoms with Crippen LogP contribution in [0.4, 0.5) is 0 Å². The molecule has 0 bridgehead atoms. The number of hydrogen-bond acceptors (Lipinski definition) is 7. The molecule has 168 valence electrons. The predicted octanol–water partition coefficient (Wildman–Crippen LogP) is 0.292. The number of aliphatic carboxylic acids is 1. The fourth-order valence-corrected chi connectivity index (χ4v) is 6.63. The molecule has 0 aromatic heterocycles. The van der Waals surface area contributed by atoms with E-state index < -0.39 is 52.9 Å². The van der Waals surface area contributed by atoms with Crippen LogP contribution in [0.2, 0.25) is 0 Å². The standard InChI is InChI=1S/C23H28O8/c1-21-6-5-12(24)7-11(21)3-4-13-14-8-17(27)23(31,20(30)15(25)9-18(28)29)22(14,2)10-16(26)19(13)21/h5-8,13,15-17,19,25-27,31H,3-4,9-10H2,1-2H3,(H,28,29)/t13-,15?,16?,17?,19+,21-,22-,23-/m0/s1. The van der Waals surface area contributed by atoms with E-state index in [1.165, 1.54) is 12.2 Å². The van der Waals surface area contributed by atoms with Gasteiger partial charge in [0.2, 0.25) is 0 Å². The summed E-state index contributed by atoms with van der Waals surface area (Å²) >= 11 is 0. The zero-order chi connectivity index (χ0) is 22.9. The molecule has 8 heteroatoms. The first-order chi connectivity index (χ1) is 14.4. The van der Waals surface area contributed by atoms with E-state index in [1.54, 1.807) is 13.0 Å². The van der Waals surface area contributed by atoms with Gasteiger partial charge < -0.3 is 25.5 Å². The highest BCUT2D eigenvalue weighted by atomic mass is 16.4. The van der Waals surface area contributed by atoms with Gasteiger partial charge in [-0.25, -0.2) is 0 Å². The highest BCUT2D eigenvalue weighted by molar-refractivity contribution is 6.01. The molecule has 4 aliphatic rings. The Labute approximate surface area is 179 Å². The Morgan fingerprint density at radius 2 is 1.94 bits per heavy atom. The summed E-state index contributed by atoms with van der Waals surface area (Å²) in [6.07, 6.45) is 1.99. The fourth-order valence-electron chi connectivity index (χ4n) is 6.63. The summed E-state index contributed by atoms with van der Waals surface area (Å²) < 4.78 is 0. The molecule has 8 atom stereocenters. The number of allylic oxidation sites excluding steroid dienone is 4. The zero-order valence-electron chi connectivity index (χ0n) is 17.5. The van der Waals surface area contributed by atoms with Gasteiger partial charge in [-0.2, -0.15) is 0 Å². The molecular formula is C23H28O8. The number of rotatable bonds is 4. The van der Waals surface area contributed by atoms with E-state index in [2.05, 4.69) is 0 Å². The number of carboxylic acids is 1. The third kappa shape index (κ3) is 2.85. The summed E-state index contributed by atoms with van der Waals surface area (Å²) in [6, 6.07) is 0. The van der Waals surface area contributed by atoms with Crippen molar-refractivity contribution in [3.8, 4) is 0 Å². The summed E-state index contributed by atoms with van der Waals surface area (Å²) in [5.74, 6) is -3.24. The van der Waals surface area contributed by atoms with E-state index in [-0.39, 0.29) is 24.0 Å². The molecule has 5 N–H and O–H groups in total. The topological polar surface area (TPSA) is 152 Å². The monoisotopic (exact) mass is 432 g/mol. The molecule has 3 unspecified atom stereocenters. The van der Waals surface area contributed by atoms with Crippen LogP contribution in [0, 0.1) is 22.7 Å². The molecule has 0 aliphatic heterocycles. The van der Waals surface area contributed by atoms with Gasteiger partial charge >= 0.3 is 5.97 Å². The van der Waals surface area contributed by atoms with Gasteiger partial charge in [0, 0.05) is 16.7 Å². The van der Waals surface area contributed by atoms with Crippen LogP contribution in [0.25, 0.3) is 0 Å². The Balaban J connectivity index is 1.74. The second kappa shape index (κ2) is 6.93. The van der Waals surface area contributed by atoms with Gasteiger partial charge in [0.25, 0.3) is 0 Å². The number of aliphatic hydroxyl groups excluding tert-OH is 3. The summed E-state index contributed by atoms with van der Waals surface area (Å²) in [6.45, 7) is 3.54. The largest absolute Gasteiger partial charge is 0.481 e. The predicted molar refractivity (Wildman–Crippen MR) is 108 cm³/mol. The van der Waals surface area contributed by atoms with E-state index in [4.69, 9.17) is 5.11 Å². The number of fused-ring (bicyclic) bond motifs is 5. The maximum atomic E-state index is 13.0. The maximum Gasteiger partial charge on any atom is 0.306 e. The fraction of sp³-hybridized carbons (Fsp3) is 0.609. The van der Waals surface area contributed by atoms with Gasteiger partial charge in [0.15, 0.2) is 17.2 Å². The van der Waals surface area contributed by atoms with Crippen molar-refractivity contribution in [3.05, 3.63) is 35.5 Å². The van der Waals surface area contributed by atoms with Crippen molar-refractivity contribution in [1.29, 1.82) is 0 Å². The minimum absolute atomic E-state index is 0.0518. The van der Waals surface area contributed by atoms with Crippen molar-refractivity contribution >= 4 is 17.5 Å². The highest BCUT2D eigenvalue weighted by Gasteiger charge is 2.68. The van der Waals surface area contributed by atoms with Crippen LogP contribution >= 0.6 is 0 Å². The molecule has 31 heavy (non-hydrogen) atoms. The van der Waals surface area contributed by atoms with E-state index in [9.17, 15) is 34.8 Å². The first-order valence-corrected chi connectivity index (χ1v) is 10.6. The highest BCUT2D eigenvalue weighted by Crippen LogP contribution is 2.65. The maximum absolute atomic E-state index is 13.0. The summed E-state index contributed by atoms with van der Waals surface area (Å²) in [5, 5.41) is 52.5. The van der Waals surface area contributed by atoms with Crippen LogP contribution in [0.15, 0.2) is 35.5 Å². The molecule has 0 amide bonds. The SMILES string of the molecule is C[C@]12C=CC(=O)C=C1CC[C@H]1C3=CC(O)[C@](O)(C(=O)C(O)CC(=O)O)[C@@]3(C)CC(O)[C@@H]12. The Hall–Kier alpha value is -2.13. The number of carboxylic acid groups (broad SMARTS) is 1. The number of carbonyl (C=O) groups is 3. The normalized spacial score (nSPS) is 44.5. The molecule has 0 spiro atoms. The quantitative estimate of drug-likeness (QED) is 0.398. The van der Waals surface area contributed by atoms with Gasteiger partial charge in [-0.1, -0.05) is 37.1 Å². The van der Waals surface area contributed by atoms with Gasteiger partial charge in [0.1, 0.15) is 12.2 Å². The molecule has 0 saturated heterocycles. The third-order valence-corrected chi connectivity index (χ3v) is 8.17. The number of Topliss-reactive ketones (excluding diaryl/α,β-unsaturated/α-hetero) is 1. The molecule has 4 aliphatic carbocycles. The Morgan fingerprint density at radius 3 is 2.58 bits per heavy atom. The number of hydrogen-bond donors (Lipinski definition) is 5. The van der Waals surface area contributed by atoms with E-state index >= 15 is 0 Å².